The minimum Gasteiger partial charge on any atom is -0.482 e. The van der Waals surface area contributed by atoms with Gasteiger partial charge in [0.25, 0.3) is 5.91 Å². The molecule has 1 fully saturated rings. The maximum Gasteiger partial charge on any atom is 0.260 e. The first kappa shape index (κ1) is 19.6. The van der Waals surface area contributed by atoms with Crippen LogP contribution in [0, 0.1) is 5.82 Å². The van der Waals surface area contributed by atoms with Crippen molar-refractivity contribution >= 4 is 27.5 Å². The number of ether oxygens (including phenoxy) is 1. The summed E-state index contributed by atoms with van der Waals surface area (Å²) >= 11 is 5.98. The van der Waals surface area contributed by atoms with Crippen LogP contribution in [0.2, 0.25) is 5.02 Å². The van der Waals surface area contributed by atoms with Crippen molar-refractivity contribution in [2.75, 3.05) is 32.8 Å². The second-order valence-electron chi connectivity index (χ2n) is 5.96. The van der Waals surface area contributed by atoms with Crippen LogP contribution in [-0.2, 0) is 14.8 Å². The Labute approximate surface area is 162 Å². The minimum absolute atomic E-state index is 0.0331. The molecular weight excluding hydrogens is 395 g/mol. The zero-order chi connectivity index (χ0) is 19.4. The topological polar surface area (TPSA) is 66.9 Å². The molecule has 0 bridgehead atoms. The van der Waals surface area contributed by atoms with Crippen molar-refractivity contribution in [3.63, 3.8) is 0 Å². The van der Waals surface area contributed by atoms with E-state index in [1.807, 2.05) is 0 Å². The normalized spacial score (nSPS) is 15.6. The molecule has 9 heteroatoms. The van der Waals surface area contributed by atoms with Gasteiger partial charge in [0.1, 0.15) is 11.6 Å². The monoisotopic (exact) mass is 412 g/mol. The number of sulfonamides is 1. The van der Waals surface area contributed by atoms with E-state index in [0.29, 0.717) is 10.8 Å². The van der Waals surface area contributed by atoms with Crippen LogP contribution >= 0.6 is 11.6 Å². The molecule has 0 saturated carbocycles. The molecule has 2 aromatic carbocycles. The van der Waals surface area contributed by atoms with Crippen LogP contribution in [0.25, 0.3) is 0 Å². The van der Waals surface area contributed by atoms with E-state index in [4.69, 9.17) is 16.3 Å². The maximum absolute atomic E-state index is 13.0. The van der Waals surface area contributed by atoms with Gasteiger partial charge < -0.3 is 9.64 Å². The van der Waals surface area contributed by atoms with Gasteiger partial charge in [0.2, 0.25) is 10.0 Å². The molecule has 27 heavy (non-hydrogen) atoms. The fraction of sp³-hybridized carbons (Fsp3) is 0.278. The molecule has 0 radical (unpaired) electrons. The number of hydrogen-bond acceptors (Lipinski definition) is 4. The second-order valence-corrected chi connectivity index (χ2v) is 8.30. The standard InChI is InChI=1S/C18H18ClFN2O4S/c19-16-3-1-2-4-17(16)26-13-18(23)21-9-11-22(12-10-21)27(24,25)15-7-5-14(20)6-8-15/h1-8H,9-13H2. The third kappa shape index (κ3) is 4.58. The summed E-state index contributed by atoms with van der Waals surface area (Å²) in [6.07, 6.45) is 0. The van der Waals surface area contributed by atoms with Gasteiger partial charge in [-0.2, -0.15) is 4.31 Å². The zero-order valence-corrected chi connectivity index (χ0v) is 15.9. The molecule has 0 unspecified atom stereocenters. The average molecular weight is 413 g/mol. The predicted molar refractivity (Wildman–Crippen MR) is 98.7 cm³/mol. The molecule has 1 saturated heterocycles. The molecule has 0 spiro atoms. The first-order chi connectivity index (χ1) is 12.9. The smallest absolute Gasteiger partial charge is 0.260 e. The van der Waals surface area contributed by atoms with Gasteiger partial charge in [-0.1, -0.05) is 23.7 Å². The van der Waals surface area contributed by atoms with Crippen molar-refractivity contribution in [3.05, 3.63) is 59.4 Å². The van der Waals surface area contributed by atoms with Gasteiger partial charge in [-0.3, -0.25) is 4.79 Å². The van der Waals surface area contributed by atoms with Gasteiger partial charge in [0, 0.05) is 26.2 Å². The largest absolute Gasteiger partial charge is 0.482 e. The highest BCUT2D eigenvalue weighted by Gasteiger charge is 2.30. The number of carbonyl (C=O) groups is 1. The quantitative estimate of drug-likeness (QED) is 0.756. The van der Waals surface area contributed by atoms with Gasteiger partial charge in [-0.15, -0.1) is 0 Å². The van der Waals surface area contributed by atoms with Crippen LogP contribution in [0.15, 0.2) is 53.4 Å². The van der Waals surface area contributed by atoms with Crippen molar-refractivity contribution in [1.82, 2.24) is 9.21 Å². The Morgan fingerprint density at radius 2 is 1.67 bits per heavy atom. The number of para-hydroxylation sites is 1. The van der Waals surface area contributed by atoms with E-state index in [9.17, 15) is 17.6 Å². The average Bonchev–Trinajstić information content (AvgIpc) is 2.67. The number of halogens is 2. The lowest BCUT2D eigenvalue weighted by Crippen LogP contribution is -2.51. The Hall–Kier alpha value is -2.16. The van der Waals surface area contributed by atoms with Gasteiger partial charge in [0.05, 0.1) is 9.92 Å². The van der Waals surface area contributed by atoms with Gasteiger partial charge in [0.15, 0.2) is 6.61 Å². The second kappa shape index (κ2) is 8.24. The Kier molecular flexibility index (Phi) is 5.98. The summed E-state index contributed by atoms with van der Waals surface area (Å²) in [6.45, 7) is 0.666. The fourth-order valence-electron chi connectivity index (χ4n) is 2.73. The number of nitrogens with zero attached hydrogens (tertiary/aromatic N) is 2. The number of rotatable bonds is 5. The fourth-order valence-corrected chi connectivity index (χ4v) is 4.34. The Morgan fingerprint density at radius 1 is 1.04 bits per heavy atom. The van der Waals surface area contributed by atoms with E-state index in [1.54, 1.807) is 29.2 Å². The van der Waals surface area contributed by atoms with Gasteiger partial charge in [-0.25, -0.2) is 12.8 Å². The lowest BCUT2D eigenvalue weighted by molar-refractivity contribution is -0.134. The molecule has 0 atom stereocenters. The molecular formula is C18H18ClFN2O4S. The molecule has 1 amide bonds. The molecule has 0 N–H and O–H groups in total. The highest BCUT2D eigenvalue weighted by molar-refractivity contribution is 7.89. The van der Waals surface area contributed by atoms with E-state index < -0.39 is 15.8 Å². The summed E-state index contributed by atoms with van der Waals surface area (Å²) in [4.78, 5) is 13.9. The Balaban J connectivity index is 1.56. The van der Waals surface area contributed by atoms with Crippen molar-refractivity contribution < 1.29 is 22.3 Å². The van der Waals surface area contributed by atoms with Crippen molar-refractivity contribution in [2.24, 2.45) is 0 Å². The van der Waals surface area contributed by atoms with Gasteiger partial charge >= 0.3 is 0 Å². The SMILES string of the molecule is O=C(COc1ccccc1Cl)N1CCN(S(=O)(=O)c2ccc(F)cc2)CC1. The summed E-state index contributed by atoms with van der Waals surface area (Å²) in [5.74, 6) is -0.318. The highest BCUT2D eigenvalue weighted by Crippen LogP contribution is 2.23. The van der Waals surface area contributed by atoms with E-state index in [1.165, 1.54) is 16.4 Å². The molecule has 6 nitrogen and oxygen atoms in total. The number of piperazine rings is 1. The van der Waals surface area contributed by atoms with E-state index in [0.717, 1.165) is 12.1 Å². The minimum atomic E-state index is -3.71. The summed E-state index contributed by atoms with van der Waals surface area (Å²) in [5.41, 5.74) is 0. The first-order valence-corrected chi connectivity index (χ1v) is 10.1. The summed E-state index contributed by atoms with van der Waals surface area (Å²) in [6, 6.07) is 11.5. The van der Waals surface area contributed by atoms with E-state index >= 15 is 0 Å². The van der Waals surface area contributed by atoms with Crippen molar-refractivity contribution in [3.8, 4) is 5.75 Å². The van der Waals surface area contributed by atoms with E-state index in [-0.39, 0.29) is 43.6 Å². The Morgan fingerprint density at radius 3 is 2.30 bits per heavy atom. The maximum atomic E-state index is 13.0. The number of amides is 1. The third-order valence-corrected chi connectivity index (χ3v) is 6.46. The molecule has 144 valence electrons. The molecule has 2 aromatic rings. The molecule has 1 aliphatic heterocycles. The van der Waals surface area contributed by atoms with Crippen LogP contribution in [0.4, 0.5) is 4.39 Å². The lowest BCUT2D eigenvalue weighted by atomic mass is 10.3. The summed E-state index contributed by atoms with van der Waals surface area (Å²) < 4.78 is 44.9. The summed E-state index contributed by atoms with van der Waals surface area (Å²) in [5, 5.41) is 0.417. The van der Waals surface area contributed by atoms with Crippen LogP contribution in [-0.4, -0.2) is 56.3 Å². The number of carbonyl (C=O) groups excluding carboxylic acids is 1. The highest BCUT2D eigenvalue weighted by atomic mass is 35.5. The molecule has 0 aliphatic carbocycles. The number of benzene rings is 2. The number of hydrogen-bond donors (Lipinski definition) is 0. The predicted octanol–water partition coefficient (Wildman–Crippen LogP) is 2.39. The van der Waals surface area contributed by atoms with Crippen molar-refractivity contribution in [1.29, 1.82) is 0 Å². The van der Waals surface area contributed by atoms with Crippen LogP contribution in [0.5, 0.6) is 5.75 Å². The molecule has 0 aromatic heterocycles. The molecule has 3 rings (SSSR count). The third-order valence-electron chi connectivity index (χ3n) is 4.23. The van der Waals surface area contributed by atoms with Crippen LogP contribution in [0.1, 0.15) is 0 Å². The van der Waals surface area contributed by atoms with E-state index in [2.05, 4.69) is 0 Å². The van der Waals surface area contributed by atoms with Crippen molar-refractivity contribution in [2.45, 2.75) is 4.90 Å². The van der Waals surface area contributed by atoms with Gasteiger partial charge in [-0.05, 0) is 36.4 Å². The lowest BCUT2D eigenvalue weighted by Gasteiger charge is -2.34. The zero-order valence-electron chi connectivity index (χ0n) is 14.3. The van der Waals surface area contributed by atoms with Crippen LogP contribution in [0.3, 0.4) is 0 Å². The molecule has 1 aliphatic rings. The first-order valence-electron chi connectivity index (χ1n) is 8.29. The summed E-state index contributed by atoms with van der Waals surface area (Å²) in [7, 11) is -3.71. The Bertz CT molecular complexity index is 913. The van der Waals surface area contributed by atoms with Crippen LogP contribution < -0.4 is 4.74 Å². The molecule has 1 heterocycles.